The number of allylic oxidation sites excluding steroid dienone is 6. The van der Waals surface area contributed by atoms with Gasteiger partial charge in [0, 0.05) is 17.0 Å². The smallest absolute Gasteiger partial charge is 0.132 e. The number of aryl methyl sites for hydroxylation is 3. The molecule has 11 rings (SSSR count). The van der Waals surface area contributed by atoms with Crippen LogP contribution in [0.3, 0.4) is 0 Å². The van der Waals surface area contributed by atoms with E-state index in [2.05, 4.69) is 237 Å². The minimum absolute atomic E-state index is 0.188. The van der Waals surface area contributed by atoms with Crippen LogP contribution in [0.4, 0.5) is 0 Å². The van der Waals surface area contributed by atoms with Gasteiger partial charge in [0.1, 0.15) is 11.5 Å². The number of ether oxygens (including phenoxy) is 1. The Hall–Kier alpha value is -6.44. The second-order valence-corrected chi connectivity index (χ2v) is 19.7. The number of benzene rings is 7. The fourth-order valence-corrected chi connectivity index (χ4v) is 11.1. The lowest BCUT2D eigenvalue weighted by molar-refractivity contribution is 0.436. The van der Waals surface area contributed by atoms with Gasteiger partial charge in [-0.2, -0.15) is 0 Å². The highest BCUT2D eigenvalue weighted by Gasteiger charge is 2.52. The Morgan fingerprint density at radius 3 is 1.89 bits per heavy atom. The Labute approximate surface area is 396 Å². The van der Waals surface area contributed by atoms with Crippen molar-refractivity contribution >= 4 is 5.57 Å². The third-order valence-corrected chi connectivity index (χ3v) is 13.9. The zero-order chi connectivity index (χ0) is 46.6. The van der Waals surface area contributed by atoms with Crippen molar-refractivity contribution in [1.82, 2.24) is 0 Å². The minimum Gasteiger partial charge on any atom is -0.457 e. The molecule has 1 heterocycles. The molecule has 1 aliphatic heterocycles. The van der Waals surface area contributed by atoms with Gasteiger partial charge in [-0.1, -0.05) is 237 Å². The normalized spacial score (nSPS) is 16.3. The minimum atomic E-state index is -0.329. The Bertz CT molecular complexity index is 2860. The summed E-state index contributed by atoms with van der Waals surface area (Å²) in [5, 5.41) is 0. The first-order valence-electron chi connectivity index (χ1n) is 24.3. The summed E-state index contributed by atoms with van der Waals surface area (Å²) in [5.41, 5.74) is 20.8. The first kappa shape index (κ1) is 46.1. The van der Waals surface area contributed by atoms with Crippen molar-refractivity contribution in [3.05, 3.63) is 255 Å². The SMILES string of the molecule is CC.CCc1ccc(-c2ccccc2)cc1.Cc1ccc2c(c1)C1(C3=CCC=CC=C32)c2ccccc2Oc2ccccc21.Cc1cccc2c1C(C)(C)CC2c1ccccc1C(C)(C)C. The molecule has 4 aliphatic rings. The average Bonchev–Trinajstić information content (AvgIpc) is 3.61. The molecule has 1 spiro atoms. The van der Waals surface area contributed by atoms with Crippen LogP contribution in [0, 0.1) is 13.8 Å². The van der Waals surface area contributed by atoms with E-state index in [4.69, 9.17) is 4.74 Å². The van der Waals surface area contributed by atoms with Gasteiger partial charge in [-0.25, -0.2) is 0 Å². The van der Waals surface area contributed by atoms with Crippen molar-refractivity contribution in [2.45, 2.75) is 111 Å². The molecule has 334 valence electrons. The maximum absolute atomic E-state index is 6.36. The summed E-state index contributed by atoms with van der Waals surface area (Å²) in [6.07, 6.45) is 12.4. The van der Waals surface area contributed by atoms with E-state index in [9.17, 15) is 0 Å². The van der Waals surface area contributed by atoms with Gasteiger partial charge in [0.25, 0.3) is 0 Å². The van der Waals surface area contributed by atoms with Crippen LogP contribution in [0.2, 0.25) is 0 Å². The zero-order valence-electron chi connectivity index (χ0n) is 41.0. The van der Waals surface area contributed by atoms with Crippen LogP contribution in [-0.2, 0) is 22.7 Å². The van der Waals surface area contributed by atoms with E-state index in [0.29, 0.717) is 5.92 Å². The van der Waals surface area contributed by atoms with Gasteiger partial charge < -0.3 is 4.74 Å². The molecule has 1 heteroatoms. The van der Waals surface area contributed by atoms with Crippen LogP contribution >= 0.6 is 0 Å². The topological polar surface area (TPSA) is 9.23 Å². The molecular formula is C65H68O. The predicted octanol–water partition coefficient (Wildman–Crippen LogP) is 17.8. The predicted molar refractivity (Wildman–Crippen MR) is 282 cm³/mol. The first-order valence-corrected chi connectivity index (χ1v) is 24.3. The summed E-state index contributed by atoms with van der Waals surface area (Å²) >= 11 is 0. The van der Waals surface area contributed by atoms with Crippen molar-refractivity contribution in [1.29, 1.82) is 0 Å². The summed E-state index contributed by atoms with van der Waals surface area (Å²) in [7, 11) is 0. The lowest BCUT2D eigenvalue weighted by Gasteiger charge is -2.39. The van der Waals surface area contributed by atoms with Gasteiger partial charge >= 0.3 is 0 Å². The summed E-state index contributed by atoms with van der Waals surface area (Å²) < 4.78 is 6.36. The number of hydrogen-bond donors (Lipinski definition) is 0. The molecular weight excluding hydrogens is 797 g/mol. The summed E-state index contributed by atoms with van der Waals surface area (Å²) in [4.78, 5) is 0. The molecule has 1 unspecified atom stereocenters. The van der Waals surface area contributed by atoms with E-state index in [0.717, 1.165) is 24.3 Å². The quantitative estimate of drug-likeness (QED) is 0.172. The molecule has 0 bridgehead atoms. The van der Waals surface area contributed by atoms with Gasteiger partial charge in [0.05, 0.1) is 5.41 Å². The van der Waals surface area contributed by atoms with E-state index in [1.54, 1.807) is 11.1 Å². The summed E-state index contributed by atoms with van der Waals surface area (Å²) in [6.45, 7) is 22.4. The van der Waals surface area contributed by atoms with E-state index in [-0.39, 0.29) is 16.2 Å². The Morgan fingerprint density at radius 2 is 1.23 bits per heavy atom. The molecule has 0 saturated heterocycles. The molecule has 7 aromatic carbocycles. The fourth-order valence-electron chi connectivity index (χ4n) is 11.1. The summed E-state index contributed by atoms with van der Waals surface area (Å²) in [6, 6.07) is 59.1. The molecule has 0 radical (unpaired) electrons. The largest absolute Gasteiger partial charge is 0.457 e. The molecule has 0 fully saturated rings. The highest BCUT2D eigenvalue weighted by atomic mass is 16.5. The third kappa shape index (κ3) is 8.57. The molecule has 0 saturated carbocycles. The van der Waals surface area contributed by atoms with Crippen molar-refractivity contribution in [3.8, 4) is 22.6 Å². The Morgan fingerprint density at radius 1 is 0.621 bits per heavy atom. The second kappa shape index (κ2) is 19.2. The van der Waals surface area contributed by atoms with Crippen LogP contribution in [0.5, 0.6) is 11.5 Å². The summed E-state index contributed by atoms with van der Waals surface area (Å²) in [5.74, 6) is 2.43. The number of fused-ring (bicyclic) bond motifs is 10. The third-order valence-electron chi connectivity index (χ3n) is 13.9. The standard InChI is InChI=1S/C27H20O.C22H28.C14H14.C2H6/c1-18-15-16-20-19-9-3-2-4-10-21(19)27(24(20)17-18)22-11-5-7-13-25(22)28-26-14-8-6-12-23(26)27;1-15-10-9-12-17-18(14-22(5,6)20(15)17)16-11-7-8-13-19(16)21(2,3)4;1-2-12-8-10-14(11-9-12)13-6-4-3-5-7-13;1-2/h2-3,5-17H,4H2,1H3;7-13,18H,14H2,1-6H3;3-11H,2H2,1H3;1-2H3. The van der Waals surface area contributed by atoms with Crippen LogP contribution in [-0.4, -0.2) is 0 Å². The molecule has 3 aliphatic carbocycles. The average molecular weight is 865 g/mol. The van der Waals surface area contributed by atoms with Crippen molar-refractivity contribution < 1.29 is 4.74 Å². The van der Waals surface area contributed by atoms with Gasteiger partial charge in [-0.15, -0.1) is 0 Å². The highest BCUT2D eigenvalue weighted by molar-refractivity contribution is 5.96. The molecule has 1 atom stereocenters. The van der Waals surface area contributed by atoms with Gasteiger partial charge in [0.15, 0.2) is 0 Å². The van der Waals surface area contributed by atoms with Crippen molar-refractivity contribution in [2.24, 2.45) is 0 Å². The number of para-hydroxylation sites is 2. The maximum Gasteiger partial charge on any atom is 0.132 e. The second-order valence-electron chi connectivity index (χ2n) is 19.7. The molecule has 0 amide bonds. The van der Waals surface area contributed by atoms with Crippen LogP contribution in [0.15, 0.2) is 194 Å². The van der Waals surface area contributed by atoms with E-state index in [1.807, 2.05) is 19.9 Å². The highest BCUT2D eigenvalue weighted by Crippen LogP contribution is 2.63. The Balaban J connectivity index is 0.000000139. The van der Waals surface area contributed by atoms with E-state index in [1.165, 1.54) is 78.8 Å². The lowest BCUT2D eigenvalue weighted by Crippen LogP contribution is -2.32. The van der Waals surface area contributed by atoms with Gasteiger partial charge in [-0.3, -0.25) is 0 Å². The lowest BCUT2D eigenvalue weighted by atomic mass is 9.65. The molecule has 0 aromatic heterocycles. The molecule has 7 aromatic rings. The molecule has 1 nitrogen and oxygen atoms in total. The number of hydrogen-bond acceptors (Lipinski definition) is 1. The monoisotopic (exact) mass is 865 g/mol. The first-order chi connectivity index (χ1) is 31.9. The van der Waals surface area contributed by atoms with Crippen LogP contribution in [0.25, 0.3) is 16.7 Å². The van der Waals surface area contributed by atoms with Gasteiger partial charge in [-0.05, 0) is 123 Å². The van der Waals surface area contributed by atoms with Crippen molar-refractivity contribution in [3.63, 3.8) is 0 Å². The van der Waals surface area contributed by atoms with Gasteiger partial charge in [0.2, 0.25) is 0 Å². The van der Waals surface area contributed by atoms with Crippen LogP contribution in [0.1, 0.15) is 135 Å². The maximum atomic E-state index is 6.36. The van der Waals surface area contributed by atoms with E-state index < -0.39 is 0 Å². The van der Waals surface area contributed by atoms with Crippen LogP contribution < -0.4 is 4.74 Å². The fraction of sp³-hybridized carbons (Fsp3) is 0.262. The zero-order valence-corrected chi connectivity index (χ0v) is 41.0. The van der Waals surface area contributed by atoms with E-state index >= 15 is 0 Å². The number of rotatable bonds is 3. The Kier molecular flexibility index (Phi) is 13.4. The van der Waals surface area contributed by atoms with Crippen molar-refractivity contribution in [2.75, 3.05) is 0 Å². The molecule has 0 N–H and O–H groups in total. The molecule has 66 heavy (non-hydrogen) atoms.